The number of piperidine rings is 1. The molecule has 9 heteroatoms. The summed E-state index contributed by atoms with van der Waals surface area (Å²) in [6.07, 6.45) is 2.28. The first-order chi connectivity index (χ1) is 11.3. The van der Waals surface area contributed by atoms with Crippen LogP contribution >= 0.6 is 11.6 Å². The molecule has 2 heterocycles. The molecular formula is C15H19ClN2O5S. The molecular weight excluding hydrogens is 356 g/mol. The summed E-state index contributed by atoms with van der Waals surface area (Å²) in [6, 6.07) is 4.56. The minimum Gasteiger partial charge on any atom is -0.347 e. The predicted molar refractivity (Wildman–Crippen MR) is 89.7 cm³/mol. The molecule has 2 saturated heterocycles. The molecule has 2 fully saturated rings. The van der Waals surface area contributed by atoms with Crippen LogP contribution in [-0.2, 0) is 19.5 Å². The summed E-state index contributed by atoms with van der Waals surface area (Å²) in [4.78, 5) is 14.4. The van der Waals surface area contributed by atoms with Crippen LogP contribution in [0.3, 0.4) is 0 Å². The van der Waals surface area contributed by atoms with E-state index in [2.05, 4.69) is 4.72 Å². The predicted octanol–water partition coefficient (Wildman–Crippen LogP) is 1.69. The number of sulfonamides is 1. The first kappa shape index (κ1) is 17.5. The third kappa shape index (κ3) is 3.83. The molecule has 1 amide bonds. The van der Waals surface area contributed by atoms with Crippen LogP contribution in [-0.4, -0.2) is 57.6 Å². The van der Waals surface area contributed by atoms with Gasteiger partial charge in [-0.25, -0.2) is 8.42 Å². The van der Waals surface area contributed by atoms with Crippen LogP contribution in [0, 0.1) is 0 Å². The molecule has 0 aliphatic carbocycles. The van der Waals surface area contributed by atoms with E-state index in [1.807, 2.05) is 0 Å². The summed E-state index contributed by atoms with van der Waals surface area (Å²) >= 11 is 5.99. The number of benzene rings is 1. The Bertz CT molecular complexity index is 736. The fraction of sp³-hybridized carbons (Fsp3) is 0.533. The lowest BCUT2D eigenvalue weighted by Gasteiger charge is -2.37. The third-order valence-electron chi connectivity index (χ3n) is 4.13. The van der Waals surface area contributed by atoms with Gasteiger partial charge in [0.25, 0.3) is 5.91 Å². The second kappa shape index (κ2) is 6.51. The number of hydrogen-bond donors (Lipinski definition) is 1. The average molecular weight is 375 g/mol. The molecule has 0 bridgehead atoms. The summed E-state index contributed by atoms with van der Waals surface area (Å²) in [5.74, 6) is -0.712. The zero-order chi connectivity index (χ0) is 17.4. The number of nitrogens with zero attached hydrogens (tertiary/aromatic N) is 1. The Morgan fingerprint density at radius 1 is 1.25 bits per heavy atom. The van der Waals surface area contributed by atoms with Crippen LogP contribution in [0.5, 0.6) is 0 Å². The maximum absolute atomic E-state index is 12.7. The van der Waals surface area contributed by atoms with Crippen LogP contribution in [0.2, 0.25) is 5.02 Å². The molecule has 3 rings (SSSR count). The normalized spacial score (nSPS) is 20.3. The lowest BCUT2D eigenvalue weighted by Crippen LogP contribution is -2.47. The Labute approximate surface area is 145 Å². The zero-order valence-electron chi connectivity index (χ0n) is 13.2. The van der Waals surface area contributed by atoms with Gasteiger partial charge >= 0.3 is 0 Å². The van der Waals surface area contributed by atoms with Crippen LogP contribution in [0.4, 0.5) is 5.69 Å². The van der Waals surface area contributed by atoms with Crippen molar-refractivity contribution in [3.63, 3.8) is 0 Å². The fourth-order valence-electron chi connectivity index (χ4n) is 2.96. The highest BCUT2D eigenvalue weighted by molar-refractivity contribution is 7.92. The number of nitrogens with one attached hydrogen (secondary N) is 1. The number of carbonyl (C=O) groups excluding carboxylic acids is 1. The van der Waals surface area contributed by atoms with E-state index < -0.39 is 15.8 Å². The van der Waals surface area contributed by atoms with Crippen molar-refractivity contribution in [2.45, 2.75) is 18.6 Å². The summed E-state index contributed by atoms with van der Waals surface area (Å²) in [6.45, 7) is 2.23. The van der Waals surface area contributed by atoms with Crippen molar-refractivity contribution < 1.29 is 22.7 Å². The van der Waals surface area contributed by atoms with Crippen LogP contribution in [0.1, 0.15) is 23.2 Å². The molecule has 0 saturated carbocycles. The smallest absolute Gasteiger partial charge is 0.253 e. The SMILES string of the molecule is CS(=O)(=O)Nc1cc(C(=O)N2CCC3(CC2)OCCO3)ccc1Cl. The van der Waals surface area contributed by atoms with Crippen molar-refractivity contribution in [2.24, 2.45) is 0 Å². The van der Waals surface area contributed by atoms with Crippen LogP contribution in [0.15, 0.2) is 18.2 Å². The van der Waals surface area contributed by atoms with Gasteiger partial charge in [-0.3, -0.25) is 9.52 Å². The molecule has 0 radical (unpaired) electrons. The van der Waals surface area contributed by atoms with Gasteiger partial charge in [0, 0.05) is 31.5 Å². The number of ether oxygens (including phenoxy) is 2. The van der Waals surface area contributed by atoms with Gasteiger partial charge in [-0.2, -0.15) is 0 Å². The van der Waals surface area contributed by atoms with Crippen molar-refractivity contribution in [3.8, 4) is 0 Å². The molecule has 2 aliphatic rings. The Balaban J connectivity index is 1.72. The number of likely N-dealkylation sites (tertiary alicyclic amines) is 1. The van der Waals surface area contributed by atoms with E-state index in [9.17, 15) is 13.2 Å². The van der Waals surface area contributed by atoms with Gasteiger partial charge in [-0.1, -0.05) is 11.6 Å². The van der Waals surface area contributed by atoms with E-state index >= 15 is 0 Å². The standard InChI is InChI=1S/C15H19ClN2O5S/c1-24(20,21)17-13-10-11(2-3-12(13)16)14(19)18-6-4-15(5-7-18)22-8-9-23-15/h2-3,10,17H,4-9H2,1H3. The molecule has 0 aromatic heterocycles. The second-order valence-electron chi connectivity index (χ2n) is 5.97. The zero-order valence-corrected chi connectivity index (χ0v) is 14.8. The van der Waals surface area contributed by atoms with Gasteiger partial charge in [0.1, 0.15) is 0 Å². The average Bonchev–Trinajstić information content (AvgIpc) is 2.96. The van der Waals surface area contributed by atoms with E-state index in [-0.39, 0.29) is 16.6 Å². The van der Waals surface area contributed by atoms with E-state index in [1.54, 1.807) is 11.0 Å². The van der Waals surface area contributed by atoms with Crippen LogP contribution in [0.25, 0.3) is 0 Å². The first-order valence-corrected chi connectivity index (χ1v) is 9.89. The van der Waals surface area contributed by atoms with Crippen molar-refractivity contribution in [1.82, 2.24) is 4.90 Å². The molecule has 1 aromatic rings. The molecule has 0 unspecified atom stereocenters. The Kier molecular flexibility index (Phi) is 4.74. The summed E-state index contributed by atoms with van der Waals surface area (Å²) in [7, 11) is -3.47. The lowest BCUT2D eigenvalue weighted by molar-refractivity contribution is -0.181. The fourth-order valence-corrected chi connectivity index (χ4v) is 3.74. The summed E-state index contributed by atoms with van der Waals surface area (Å²) < 4.78 is 36.4. The minimum atomic E-state index is -3.47. The maximum Gasteiger partial charge on any atom is 0.253 e. The minimum absolute atomic E-state index is 0.170. The molecule has 24 heavy (non-hydrogen) atoms. The quantitative estimate of drug-likeness (QED) is 0.870. The Hall–Kier alpha value is -1.35. The van der Waals surface area contributed by atoms with Crippen molar-refractivity contribution in [2.75, 3.05) is 37.3 Å². The highest BCUT2D eigenvalue weighted by atomic mass is 35.5. The molecule has 1 N–H and O–H groups in total. The Morgan fingerprint density at radius 2 is 1.88 bits per heavy atom. The molecule has 0 atom stereocenters. The second-order valence-corrected chi connectivity index (χ2v) is 8.12. The van der Waals surface area contributed by atoms with Gasteiger partial charge in [-0.05, 0) is 18.2 Å². The van der Waals surface area contributed by atoms with Crippen LogP contribution < -0.4 is 4.72 Å². The number of hydrogen-bond acceptors (Lipinski definition) is 5. The topological polar surface area (TPSA) is 84.9 Å². The van der Waals surface area contributed by atoms with Crippen molar-refractivity contribution in [1.29, 1.82) is 0 Å². The van der Waals surface area contributed by atoms with E-state index in [0.29, 0.717) is 44.7 Å². The Morgan fingerprint density at radius 3 is 2.46 bits per heavy atom. The third-order valence-corrected chi connectivity index (χ3v) is 5.05. The van der Waals surface area contributed by atoms with E-state index in [4.69, 9.17) is 21.1 Å². The van der Waals surface area contributed by atoms with Gasteiger partial charge in [0.2, 0.25) is 10.0 Å². The number of anilines is 1. The number of halogens is 1. The van der Waals surface area contributed by atoms with Gasteiger partial charge in [0.05, 0.1) is 30.2 Å². The summed E-state index contributed by atoms with van der Waals surface area (Å²) in [5, 5.41) is 0.238. The van der Waals surface area contributed by atoms with Crippen molar-refractivity contribution >= 4 is 33.2 Å². The molecule has 1 spiro atoms. The molecule has 132 valence electrons. The van der Waals surface area contributed by atoms with Gasteiger partial charge in [-0.15, -0.1) is 0 Å². The largest absolute Gasteiger partial charge is 0.347 e. The molecule has 1 aromatic carbocycles. The highest BCUT2D eigenvalue weighted by Gasteiger charge is 2.40. The van der Waals surface area contributed by atoms with E-state index in [1.165, 1.54) is 12.1 Å². The van der Waals surface area contributed by atoms with Gasteiger partial charge in [0.15, 0.2) is 5.79 Å². The highest BCUT2D eigenvalue weighted by Crippen LogP contribution is 2.32. The summed E-state index contributed by atoms with van der Waals surface area (Å²) in [5.41, 5.74) is 0.579. The number of amides is 1. The monoisotopic (exact) mass is 374 g/mol. The maximum atomic E-state index is 12.7. The number of carbonyl (C=O) groups is 1. The first-order valence-electron chi connectivity index (χ1n) is 7.63. The molecule has 2 aliphatic heterocycles. The van der Waals surface area contributed by atoms with Gasteiger partial charge < -0.3 is 14.4 Å². The molecule has 7 nitrogen and oxygen atoms in total. The lowest BCUT2D eigenvalue weighted by atomic mass is 10.0. The van der Waals surface area contributed by atoms with Crippen molar-refractivity contribution in [3.05, 3.63) is 28.8 Å². The van der Waals surface area contributed by atoms with E-state index in [0.717, 1.165) is 6.26 Å². The number of rotatable bonds is 3.